The van der Waals surface area contributed by atoms with Crippen LogP contribution in [0.15, 0.2) is 10.1 Å². The predicted molar refractivity (Wildman–Crippen MR) is 52.7 cm³/mol. The van der Waals surface area contributed by atoms with Crippen LogP contribution >= 0.6 is 23.2 Å². The van der Waals surface area contributed by atoms with Crippen LogP contribution in [0.3, 0.4) is 0 Å². The van der Waals surface area contributed by atoms with Gasteiger partial charge in [0, 0.05) is 5.92 Å². The number of carboxylic acid groups (broad SMARTS) is 1. The Kier molecular flexibility index (Phi) is 2.80. The van der Waals surface area contributed by atoms with E-state index in [1.165, 1.54) is 0 Å². The average Bonchev–Trinajstić information content (AvgIpc) is 2.54. The smallest absolute Gasteiger partial charge is 0.307 e. The van der Waals surface area contributed by atoms with Gasteiger partial charge in [-0.2, -0.15) is 5.26 Å². The van der Waals surface area contributed by atoms with Gasteiger partial charge in [-0.3, -0.25) is 4.79 Å². The van der Waals surface area contributed by atoms with Gasteiger partial charge in [-0.25, -0.2) is 0 Å². The van der Waals surface area contributed by atoms with E-state index in [0.29, 0.717) is 0 Å². The second kappa shape index (κ2) is 3.45. The topological polar surface area (TPSA) is 61.1 Å². The molecule has 0 heterocycles. The fourth-order valence-electron chi connectivity index (χ4n) is 1.87. The van der Waals surface area contributed by atoms with Crippen molar-refractivity contribution in [3.8, 4) is 6.07 Å². The molecule has 0 saturated heterocycles. The van der Waals surface area contributed by atoms with Crippen LogP contribution in [0.1, 0.15) is 13.8 Å². The molecule has 14 heavy (non-hydrogen) atoms. The maximum Gasteiger partial charge on any atom is 0.307 e. The number of nitrogens with zero attached hydrogens (tertiary/aromatic N) is 1. The van der Waals surface area contributed by atoms with Gasteiger partial charge in [0.1, 0.15) is 4.49 Å². The Labute approximate surface area is 91.9 Å². The summed E-state index contributed by atoms with van der Waals surface area (Å²) in [6.45, 7) is 3.56. The predicted octanol–water partition coefficient (Wildman–Crippen LogP) is 2.56. The summed E-state index contributed by atoms with van der Waals surface area (Å²) in [7, 11) is 0. The summed E-state index contributed by atoms with van der Waals surface area (Å²) in [5, 5.41) is 17.6. The normalized spacial score (nSPS) is 27.6. The SMILES string of the molecule is CC1(C)C(C(=O)O)C1C(C#N)=C(Cl)Cl. The Bertz CT molecular complexity index is 350. The first-order chi connectivity index (χ1) is 6.34. The first-order valence-corrected chi connectivity index (χ1v) is 4.77. The number of halogens is 2. The number of hydrogen-bond acceptors (Lipinski definition) is 2. The zero-order valence-corrected chi connectivity index (χ0v) is 9.23. The molecule has 3 nitrogen and oxygen atoms in total. The van der Waals surface area contributed by atoms with E-state index in [1.54, 1.807) is 13.8 Å². The van der Waals surface area contributed by atoms with E-state index in [2.05, 4.69) is 0 Å². The minimum atomic E-state index is -0.915. The van der Waals surface area contributed by atoms with Crippen molar-refractivity contribution in [1.29, 1.82) is 5.26 Å². The molecule has 2 atom stereocenters. The fraction of sp³-hybridized carbons (Fsp3) is 0.556. The van der Waals surface area contributed by atoms with E-state index in [0.717, 1.165) is 0 Å². The molecule has 0 radical (unpaired) electrons. The van der Waals surface area contributed by atoms with Crippen LogP contribution < -0.4 is 0 Å². The summed E-state index contributed by atoms with van der Waals surface area (Å²) in [4.78, 5) is 10.8. The number of carbonyl (C=O) groups is 1. The highest BCUT2D eigenvalue weighted by Gasteiger charge is 2.64. The van der Waals surface area contributed by atoms with Crippen molar-refractivity contribution in [1.82, 2.24) is 0 Å². The molecular weight excluding hydrogens is 225 g/mol. The molecule has 1 rings (SSSR count). The van der Waals surface area contributed by atoms with Crippen LogP contribution in [0.5, 0.6) is 0 Å². The number of nitriles is 1. The van der Waals surface area contributed by atoms with Gasteiger partial charge in [-0.05, 0) is 5.41 Å². The van der Waals surface area contributed by atoms with E-state index in [4.69, 9.17) is 33.6 Å². The molecule has 0 bridgehead atoms. The quantitative estimate of drug-likeness (QED) is 0.747. The minimum absolute atomic E-state index is 0.130. The third-order valence-corrected chi connectivity index (χ3v) is 3.14. The molecular formula is C9H9Cl2NO2. The largest absolute Gasteiger partial charge is 0.481 e. The van der Waals surface area contributed by atoms with Gasteiger partial charge in [-0.15, -0.1) is 0 Å². The molecule has 0 aromatic rings. The molecule has 1 aliphatic carbocycles. The minimum Gasteiger partial charge on any atom is -0.481 e. The van der Waals surface area contributed by atoms with Gasteiger partial charge in [0.2, 0.25) is 0 Å². The lowest BCUT2D eigenvalue weighted by Gasteiger charge is -1.99. The van der Waals surface area contributed by atoms with Crippen LogP contribution in [-0.4, -0.2) is 11.1 Å². The Morgan fingerprint density at radius 2 is 1.93 bits per heavy atom. The van der Waals surface area contributed by atoms with Crippen molar-refractivity contribution in [2.75, 3.05) is 0 Å². The molecule has 76 valence electrons. The molecule has 0 aromatic heterocycles. The van der Waals surface area contributed by atoms with Crippen LogP contribution in [0, 0.1) is 28.6 Å². The lowest BCUT2D eigenvalue weighted by atomic mass is 10.1. The lowest BCUT2D eigenvalue weighted by molar-refractivity contribution is -0.139. The Hall–Kier alpha value is -0.720. The van der Waals surface area contributed by atoms with Crippen molar-refractivity contribution >= 4 is 29.2 Å². The van der Waals surface area contributed by atoms with Crippen molar-refractivity contribution < 1.29 is 9.90 Å². The van der Waals surface area contributed by atoms with E-state index in [1.807, 2.05) is 6.07 Å². The number of carboxylic acids is 1. The molecule has 0 amide bonds. The van der Waals surface area contributed by atoms with E-state index in [9.17, 15) is 4.79 Å². The highest BCUT2D eigenvalue weighted by atomic mass is 35.5. The van der Waals surface area contributed by atoms with E-state index < -0.39 is 17.3 Å². The molecule has 1 fully saturated rings. The summed E-state index contributed by atoms with van der Waals surface area (Å²) >= 11 is 11.0. The number of rotatable bonds is 2. The van der Waals surface area contributed by atoms with Gasteiger partial charge in [0.15, 0.2) is 0 Å². The molecule has 1 saturated carbocycles. The van der Waals surface area contributed by atoms with Crippen LogP contribution in [0.25, 0.3) is 0 Å². The first kappa shape index (κ1) is 11.4. The second-order valence-electron chi connectivity index (χ2n) is 3.90. The zero-order chi connectivity index (χ0) is 11.1. The Balaban J connectivity index is 3.01. The fourth-order valence-corrected chi connectivity index (χ4v) is 2.19. The standard InChI is InChI=1S/C9H9Cl2NO2/c1-9(2)5(6(9)8(13)14)4(3-12)7(10)11/h5-6H,1-2H3,(H,13,14). The van der Waals surface area contributed by atoms with Crippen LogP contribution in [0.4, 0.5) is 0 Å². The molecule has 1 aliphatic rings. The third kappa shape index (κ3) is 1.60. The molecule has 5 heteroatoms. The van der Waals surface area contributed by atoms with Gasteiger partial charge in [0.25, 0.3) is 0 Å². The summed E-state index contributed by atoms with van der Waals surface area (Å²) in [6.07, 6.45) is 0. The van der Waals surface area contributed by atoms with Crippen LogP contribution in [-0.2, 0) is 4.79 Å². The Morgan fingerprint density at radius 3 is 2.14 bits per heavy atom. The maximum absolute atomic E-state index is 10.8. The second-order valence-corrected chi connectivity index (χ2v) is 4.85. The first-order valence-electron chi connectivity index (χ1n) is 4.02. The van der Waals surface area contributed by atoms with Crippen molar-refractivity contribution in [3.05, 3.63) is 10.1 Å². The Morgan fingerprint density at radius 1 is 1.43 bits per heavy atom. The number of aliphatic carboxylic acids is 1. The summed E-state index contributed by atoms with van der Waals surface area (Å²) in [5.41, 5.74) is -0.267. The maximum atomic E-state index is 10.8. The molecule has 0 aromatic carbocycles. The van der Waals surface area contributed by atoms with E-state index in [-0.39, 0.29) is 16.0 Å². The zero-order valence-electron chi connectivity index (χ0n) is 7.71. The summed E-state index contributed by atoms with van der Waals surface area (Å²) in [6, 6.07) is 1.86. The summed E-state index contributed by atoms with van der Waals surface area (Å²) < 4.78 is -0.130. The molecule has 0 aliphatic heterocycles. The van der Waals surface area contributed by atoms with Crippen LogP contribution in [0.2, 0.25) is 0 Å². The van der Waals surface area contributed by atoms with Crippen molar-refractivity contribution in [3.63, 3.8) is 0 Å². The van der Waals surface area contributed by atoms with Gasteiger partial charge in [-0.1, -0.05) is 37.0 Å². The number of allylic oxidation sites excluding steroid dienone is 1. The third-order valence-electron chi connectivity index (χ3n) is 2.73. The molecule has 2 unspecified atom stereocenters. The van der Waals surface area contributed by atoms with Gasteiger partial charge >= 0.3 is 5.97 Å². The molecule has 0 spiro atoms. The van der Waals surface area contributed by atoms with Crippen molar-refractivity contribution in [2.45, 2.75) is 13.8 Å². The highest BCUT2D eigenvalue weighted by Crippen LogP contribution is 2.62. The molecule has 1 N–H and O–H groups in total. The average molecular weight is 234 g/mol. The van der Waals surface area contributed by atoms with E-state index >= 15 is 0 Å². The summed E-state index contributed by atoms with van der Waals surface area (Å²) in [5.74, 6) is -1.85. The van der Waals surface area contributed by atoms with Gasteiger partial charge < -0.3 is 5.11 Å². The lowest BCUT2D eigenvalue weighted by Crippen LogP contribution is -2.03. The number of hydrogen-bond donors (Lipinski definition) is 1. The highest BCUT2D eigenvalue weighted by molar-refractivity contribution is 6.56. The van der Waals surface area contributed by atoms with Crippen molar-refractivity contribution in [2.24, 2.45) is 17.3 Å². The monoisotopic (exact) mass is 233 g/mol. The van der Waals surface area contributed by atoms with Gasteiger partial charge in [0.05, 0.1) is 17.6 Å².